The zero-order valence-electron chi connectivity index (χ0n) is 24.8. The molecule has 1 amide bonds. The second-order valence-corrected chi connectivity index (χ2v) is 11.2. The number of ether oxygens (including phenoxy) is 1. The summed E-state index contributed by atoms with van der Waals surface area (Å²) in [6.45, 7) is 2.55. The minimum atomic E-state index is -0.345. The van der Waals surface area contributed by atoms with Gasteiger partial charge in [0.1, 0.15) is 5.75 Å². The van der Waals surface area contributed by atoms with Gasteiger partial charge in [-0.2, -0.15) is 0 Å². The molecule has 1 atom stereocenters. The Kier molecular flexibility index (Phi) is 11.2. The molecule has 0 aromatic heterocycles. The standard InChI is InChI=1S/C34H45N5O2/c1-38(2)22-23-39(25-26-12-6-4-7-13-26)34(36-28-14-8-5-9-15-28)37-29-20-18-27(19-21-29)31(24-33(35)40)30-16-10-11-17-32(30)41-3/h4,6-7,10-13,16-21,28,31H,5,8-9,14-15,22-25H2,1-3H3,(H2,35,40)(H,36,37). The van der Waals surface area contributed by atoms with E-state index in [-0.39, 0.29) is 18.2 Å². The first-order chi connectivity index (χ1) is 19.9. The monoisotopic (exact) mass is 555 g/mol. The van der Waals surface area contributed by atoms with Crippen LogP contribution in [0.1, 0.15) is 61.1 Å². The number of amides is 1. The lowest BCUT2D eigenvalue weighted by atomic mass is 9.87. The second kappa shape index (κ2) is 15.2. The fourth-order valence-electron chi connectivity index (χ4n) is 5.45. The van der Waals surface area contributed by atoms with Crippen molar-refractivity contribution in [1.29, 1.82) is 0 Å². The largest absolute Gasteiger partial charge is 0.496 e. The number of benzene rings is 3. The van der Waals surface area contributed by atoms with Crippen LogP contribution in [0.5, 0.6) is 5.75 Å². The SMILES string of the molecule is COc1ccccc1C(CC(N)=O)c1ccc(N/C(=N/C2CCCCC2)N(CCN(C)C)Cc2ccccc2)cc1. The Bertz CT molecular complexity index is 1250. The Labute approximate surface area is 245 Å². The van der Waals surface area contributed by atoms with Crippen molar-refractivity contribution in [1.82, 2.24) is 9.80 Å². The number of nitrogens with zero attached hydrogens (tertiary/aromatic N) is 3. The van der Waals surface area contributed by atoms with Crippen molar-refractivity contribution >= 4 is 17.6 Å². The van der Waals surface area contributed by atoms with Crippen LogP contribution in [-0.2, 0) is 11.3 Å². The Balaban J connectivity index is 1.63. The summed E-state index contributed by atoms with van der Waals surface area (Å²) in [5, 5.41) is 3.68. The third-order valence-corrected chi connectivity index (χ3v) is 7.70. The molecule has 0 bridgehead atoms. The van der Waals surface area contributed by atoms with Crippen LogP contribution in [-0.4, -0.2) is 62.0 Å². The zero-order chi connectivity index (χ0) is 29.0. The second-order valence-electron chi connectivity index (χ2n) is 11.2. The molecule has 7 nitrogen and oxygen atoms in total. The lowest BCUT2D eigenvalue weighted by Gasteiger charge is -2.30. The molecule has 3 aromatic carbocycles. The summed E-state index contributed by atoms with van der Waals surface area (Å²) in [4.78, 5) is 21.9. The summed E-state index contributed by atoms with van der Waals surface area (Å²) >= 11 is 0. The fourth-order valence-corrected chi connectivity index (χ4v) is 5.45. The van der Waals surface area contributed by atoms with Crippen molar-refractivity contribution in [3.05, 3.63) is 95.6 Å². The number of hydrogen-bond donors (Lipinski definition) is 2. The van der Waals surface area contributed by atoms with Gasteiger partial charge in [-0.3, -0.25) is 4.79 Å². The van der Waals surface area contributed by atoms with Gasteiger partial charge in [-0.25, -0.2) is 4.99 Å². The molecule has 0 heterocycles. The highest BCUT2D eigenvalue weighted by Gasteiger charge is 2.22. The highest BCUT2D eigenvalue weighted by molar-refractivity contribution is 5.94. The van der Waals surface area contributed by atoms with Crippen LogP contribution in [0, 0.1) is 0 Å². The van der Waals surface area contributed by atoms with Crippen molar-refractivity contribution in [2.45, 2.75) is 57.0 Å². The van der Waals surface area contributed by atoms with E-state index >= 15 is 0 Å². The van der Waals surface area contributed by atoms with E-state index in [9.17, 15) is 4.79 Å². The van der Waals surface area contributed by atoms with Crippen LogP contribution in [0.25, 0.3) is 0 Å². The topological polar surface area (TPSA) is 83.2 Å². The molecule has 0 radical (unpaired) electrons. The van der Waals surface area contributed by atoms with Crippen molar-refractivity contribution < 1.29 is 9.53 Å². The number of likely N-dealkylation sites (N-methyl/N-ethyl adjacent to an activating group) is 1. The van der Waals surface area contributed by atoms with Gasteiger partial charge in [0.25, 0.3) is 0 Å². The molecular weight excluding hydrogens is 510 g/mol. The molecule has 0 saturated heterocycles. The van der Waals surface area contributed by atoms with Gasteiger partial charge in [0.15, 0.2) is 5.96 Å². The third-order valence-electron chi connectivity index (χ3n) is 7.70. The Hall–Kier alpha value is -3.84. The summed E-state index contributed by atoms with van der Waals surface area (Å²) in [6.07, 6.45) is 6.23. The predicted octanol–water partition coefficient (Wildman–Crippen LogP) is 5.87. The number of nitrogens with two attached hydrogens (primary N) is 1. The number of guanidine groups is 1. The summed E-state index contributed by atoms with van der Waals surface area (Å²) in [6, 6.07) is 27.0. The van der Waals surface area contributed by atoms with E-state index in [4.69, 9.17) is 15.5 Å². The smallest absolute Gasteiger partial charge is 0.218 e. The molecule has 1 unspecified atom stereocenters. The maximum absolute atomic E-state index is 12.0. The molecule has 7 heteroatoms. The van der Waals surface area contributed by atoms with Crippen LogP contribution < -0.4 is 15.8 Å². The maximum Gasteiger partial charge on any atom is 0.218 e. The molecule has 218 valence electrons. The number of carbonyl (C=O) groups is 1. The lowest BCUT2D eigenvalue weighted by molar-refractivity contribution is -0.118. The van der Waals surface area contributed by atoms with E-state index in [1.54, 1.807) is 7.11 Å². The first kappa shape index (κ1) is 30.1. The number of para-hydroxylation sites is 1. The van der Waals surface area contributed by atoms with Gasteiger partial charge >= 0.3 is 0 Å². The molecule has 41 heavy (non-hydrogen) atoms. The van der Waals surface area contributed by atoms with E-state index < -0.39 is 0 Å². The molecule has 0 aliphatic heterocycles. The zero-order valence-corrected chi connectivity index (χ0v) is 24.8. The fraction of sp³-hybridized carbons (Fsp3) is 0.412. The van der Waals surface area contributed by atoms with Crippen molar-refractivity contribution in [2.24, 2.45) is 10.7 Å². The first-order valence-corrected chi connectivity index (χ1v) is 14.7. The number of primary amides is 1. The van der Waals surface area contributed by atoms with E-state index in [0.717, 1.165) is 61.0 Å². The Morgan fingerprint density at radius 2 is 1.63 bits per heavy atom. The number of methoxy groups -OCH3 is 1. The lowest BCUT2D eigenvalue weighted by Crippen LogP contribution is -2.41. The molecule has 0 spiro atoms. The molecule has 3 N–H and O–H groups in total. The van der Waals surface area contributed by atoms with Crippen LogP contribution in [0.2, 0.25) is 0 Å². The highest BCUT2D eigenvalue weighted by Crippen LogP contribution is 2.34. The van der Waals surface area contributed by atoms with Gasteiger partial charge in [0.05, 0.1) is 13.2 Å². The molecule has 1 saturated carbocycles. The van der Waals surface area contributed by atoms with Gasteiger partial charge in [-0.15, -0.1) is 0 Å². The van der Waals surface area contributed by atoms with Crippen LogP contribution >= 0.6 is 0 Å². The normalized spacial score (nSPS) is 15.0. The van der Waals surface area contributed by atoms with Crippen molar-refractivity contribution in [3.8, 4) is 5.75 Å². The predicted molar refractivity (Wildman–Crippen MR) is 168 cm³/mol. The molecule has 1 aliphatic rings. The minimum absolute atomic E-state index is 0.192. The van der Waals surface area contributed by atoms with Crippen LogP contribution in [0.4, 0.5) is 5.69 Å². The van der Waals surface area contributed by atoms with E-state index in [1.807, 2.05) is 24.3 Å². The molecule has 1 aliphatic carbocycles. The number of rotatable bonds is 12. The van der Waals surface area contributed by atoms with E-state index in [2.05, 4.69) is 83.8 Å². The van der Waals surface area contributed by atoms with Crippen molar-refractivity contribution in [3.63, 3.8) is 0 Å². The number of carbonyl (C=O) groups excluding carboxylic acids is 1. The molecule has 3 aromatic rings. The molecule has 4 rings (SSSR count). The summed E-state index contributed by atoms with van der Waals surface area (Å²) in [5.74, 6) is 1.12. The molecule has 1 fully saturated rings. The number of anilines is 1. The van der Waals surface area contributed by atoms with Crippen molar-refractivity contribution in [2.75, 3.05) is 39.6 Å². The van der Waals surface area contributed by atoms with Gasteiger partial charge < -0.3 is 25.6 Å². The number of hydrogen-bond acceptors (Lipinski definition) is 4. The Morgan fingerprint density at radius 3 is 2.29 bits per heavy atom. The van der Waals surface area contributed by atoms with Crippen LogP contribution in [0.15, 0.2) is 83.9 Å². The summed E-state index contributed by atoms with van der Waals surface area (Å²) in [7, 11) is 5.86. The average Bonchev–Trinajstić information content (AvgIpc) is 2.99. The van der Waals surface area contributed by atoms with E-state index in [0.29, 0.717) is 6.04 Å². The third kappa shape index (κ3) is 9.08. The van der Waals surface area contributed by atoms with Gasteiger partial charge in [-0.05, 0) is 56.3 Å². The van der Waals surface area contributed by atoms with Gasteiger partial charge in [-0.1, -0.05) is 79.9 Å². The van der Waals surface area contributed by atoms with E-state index in [1.165, 1.54) is 24.8 Å². The molecular formula is C34H45N5O2. The average molecular weight is 556 g/mol. The summed E-state index contributed by atoms with van der Waals surface area (Å²) < 4.78 is 5.60. The minimum Gasteiger partial charge on any atom is -0.496 e. The first-order valence-electron chi connectivity index (χ1n) is 14.7. The van der Waals surface area contributed by atoms with Gasteiger partial charge in [0.2, 0.25) is 5.91 Å². The summed E-state index contributed by atoms with van der Waals surface area (Å²) in [5.41, 5.74) is 9.85. The Morgan fingerprint density at radius 1 is 0.951 bits per heavy atom. The maximum atomic E-state index is 12.0. The highest BCUT2D eigenvalue weighted by atomic mass is 16.5. The number of nitrogens with one attached hydrogen (secondary N) is 1. The van der Waals surface area contributed by atoms with Gasteiger partial charge in [0, 0.05) is 43.2 Å². The quantitative estimate of drug-likeness (QED) is 0.216. The van der Waals surface area contributed by atoms with Crippen LogP contribution in [0.3, 0.4) is 0 Å². The number of aliphatic imine (C=N–C) groups is 1.